The van der Waals surface area contributed by atoms with Crippen LogP contribution >= 0.6 is 11.3 Å². The maximum Gasteiger partial charge on any atom is 0.251 e. The van der Waals surface area contributed by atoms with Crippen LogP contribution in [0.2, 0.25) is 0 Å². The number of piperidine rings is 1. The molecule has 0 spiro atoms. The summed E-state index contributed by atoms with van der Waals surface area (Å²) in [5.74, 6) is 0.365. The number of benzene rings is 1. The van der Waals surface area contributed by atoms with Gasteiger partial charge in [0.15, 0.2) is 5.76 Å². The van der Waals surface area contributed by atoms with Crippen molar-refractivity contribution < 1.29 is 17.7 Å². The number of sulfonamides is 1. The molecule has 4 rings (SSSR count). The predicted molar refractivity (Wildman–Crippen MR) is 110 cm³/mol. The molecule has 2 aromatic heterocycles. The van der Waals surface area contributed by atoms with Crippen molar-refractivity contribution in [3.05, 3.63) is 59.1 Å². The monoisotopic (exact) mass is 431 g/mol. The van der Waals surface area contributed by atoms with Crippen LogP contribution in [0.4, 0.5) is 0 Å². The number of nitrogens with one attached hydrogen (secondary N) is 1. The molecular weight excluding hydrogens is 410 g/mol. The van der Waals surface area contributed by atoms with Crippen molar-refractivity contribution in [1.29, 1.82) is 0 Å². The molecule has 3 heterocycles. The first-order chi connectivity index (χ1) is 14.0. The van der Waals surface area contributed by atoms with E-state index in [1.165, 1.54) is 28.6 Å². The number of hydrogen-bond donors (Lipinski definition) is 1. The van der Waals surface area contributed by atoms with Gasteiger partial charge in [-0.15, -0.1) is 11.3 Å². The number of rotatable bonds is 6. The van der Waals surface area contributed by atoms with Crippen LogP contribution in [-0.4, -0.2) is 36.9 Å². The molecule has 0 aliphatic carbocycles. The molecular formula is C20H21N3O4S2. The smallest absolute Gasteiger partial charge is 0.251 e. The molecule has 1 fully saturated rings. The van der Waals surface area contributed by atoms with E-state index in [0.29, 0.717) is 30.1 Å². The molecule has 1 amide bonds. The van der Waals surface area contributed by atoms with Crippen molar-refractivity contribution in [3.8, 4) is 10.6 Å². The minimum absolute atomic E-state index is 0.216. The molecule has 0 atom stereocenters. The van der Waals surface area contributed by atoms with Gasteiger partial charge in [0.2, 0.25) is 10.0 Å². The van der Waals surface area contributed by atoms with E-state index >= 15 is 0 Å². The lowest BCUT2D eigenvalue weighted by Gasteiger charge is -2.25. The van der Waals surface area contributed by atoms with E-state index in [2.05, 4.69) is 10.5 Å². The van der Waals surface area contributed by atoms with E-state index in [1.54, 1.807) is 17.4 Å². The van der Waals surface area contributed by atoms with Gasteiger partial charge in [0, 0.05) is 24.7 Å². The summed E-state index contributed by atoms with van der Waals surface area (Å²) < 4.78 is 32.2. The predicted octanol–water partition coefficient (Wildman–Crippen LogP) is 3.51. The second-order valence-corrected chi connectivity index (χ2v) is 9.72. The third-order valence-electron chi connectivity index (χ3n) is 4.82. The first-order valence-electron chi connectivity index (χ1n) is 9.42. The Labute approximate surface area is 173 Å². The average molecular weight is 432 g/mol. The first-order valence-corrected chi connectivity index (χ1v) is 11.7. The van der Waals surface area contributed by atoms with Crippen molar-refractivity contribution in [3.63, 3.8) is 0 Å². The summed E-state index contributed by atoms with van der Waals surface area (Å²) in [7, 11) is -3.50. The lowest BCUT2D eigenvalue weighted by Crippen LogP contribution is -2.35. The Kier molecular flexibility index (Phi) is 5.79. The van der Waals surface area contributed by atoms with Crippen molar-refractivity contribution in [2.24, 2.45) is 0 Å². The molecule has 7 nitrogen and oxygen atoms in total. The first kappa shape index (κ1) is 19.8. The molecule has 0 bridgehead atoms. The van der Waals surface area contributed by atoms with Crippen LogP contribution in [0, 0.1) is 0 Å². The minimum atomic E-state index is -3.50. The number of aromatic nitrogens is 1. The standard InChI is InChI=1S/C20H21N3O4S2/c24-20(21-14-16-13-18(27-22-16)19-5-4-12-28-19)15-6-8-17(9-7-15)29(25,26)23-10-2-1-3-11-23/h4-9,12-13H,1-3,10-11,14H2,(H,21,24). The number of nitrogens with zero attached hydrogens (tertiary/aromatic N) is 2. The summed E-state index contributed by atoms with van der Waals surface area (Å²) >= 11 is 1.55. The average Bonchev–Trinajstić information content (AvgIpc) is 3.44. The molecule has 1 N–H and O–H groups in total. The Balaban J connectivity index is 1.38. The lowest BCUT2D eigenvalue weighted by atomic mass is 10.2. The van der Waals surface area contributed by atoms with Gasteiger partial charge in [0.1, 0.15) is 5.69 Å². The number of amides is 1. The van der Waals surface area contributed by atoms with Crippen LogP contribution in [-0.2, 0) is 16.6 Å². The van der Waals surface area contributed by atoms with Crippen LogP contribution < -0.4 is 5.32 Å². The quantitative estimate of drug-likeness (QED) is 0.645. The number of carbonyl (C=O) groups excluding carboxylic acids is 1. The molecule has 29 heavy (non-hydrogen) atoms. The maximum atomic E-state index is 12.7. The van der Waals surface area contributed by atoms with Crippen LogP contribution in [0.5, 0.6) is 0 Å². The Morgan fingerprint density at radius 2 is 1.90 bits per heavy atom. The summed E-state index contributed by atoms with van der Waals surface area (Å²) in [5, 5.41) is 8.70. The molecule has 1 aliphatic heterocycles. The molecule has 0 unspecified atom stereocenters. The van der Waals surface area contributed by atoms with Gasteiger partial charge in [0.05, 0.1) is 16.3 Å². The van der Waals surface area contributed by atoms with Crippen LogP contribution in [0.1, 0.15) is 35.3 Å². The van der Waals surface area contributed by atoms with Gasteiger partial charge in [-0.1, -0.05) is 17.6 Å². The van der Waals surface area contributed by atoms with Gasteiger partial charge in [-0.2, -0.15) is 4.31 Å². The summed E-state index contributed by atoms with van der Waals surface area (Å²) in [6.07, 6.45) is 2.83. The van der Waals surface area contributed by atoms with Gasteiger partial charge < -0.3 is 9.84 Å². The molecule has 3 aromatic rings. The van der Waals surface area contributed by atoms with Crippen LogP contribution in [0.15, 0.2) is 57.3 Å². The highest BCUT2D eigenvalue weighted by atomic mass is 32.2. The van der Waals surface area contributed by atoms with Gasteiger partial charge in [-0.3, -0.25) is 4.79 Å². The molecule has 1 aliphatic rings. The zero-order chi connectivity index (χ0) is 20.3. The SMILES string of the molecule is O=C(NCc1cc(-c2cccs2)on1)c1ccc(S(=O)(=O)N2CCCCC2)cc1. The fourth-order valence-electron chi connectivity index (χ4n) is 3.24. The fraction of sp³-hybridized carbons (Fsp3) is 0.300. The molecule has 9 heteroatoms. The van der Waals surface area contributed by atoms with E-state index in [4.69, 9.17) is 4.52 Å². The second-order valence-electron chi connectivity index (χ2n) is 6.83. The highest BCUT2D eigenvalue weighted by molar-refractivity contribution is 7.89. The number of carbonyl (C=O) groups is 1. The Morgan fingerprint density at radius 3 is 2.59 bits per heavy atom. The third-order valence-corrected chi connectivity index (χ3v) is 7.62. The summed E-state index contributed by atoms with van der Waals surface area (Å²) in [6.45, 7) is 1.33. The fourth-order valence-corrected chi connectivity index (χ4v) is 5.43. The molecule has 152 valence electrons. The van der Waals surface area contributed by atoms with E-state index in [0.717, 1.165) is 24.1 Å². The Hall–Kier alpha value is -2.49. The second kappa shape index (κ2) is 8.48. The summed E-state index contributed by atoms with van der Waals surface area (Å²) in [5.41, 5.74) is 1.01. The van der Waals surface area contributed by atoms with Gasteiger partial charge >= 0.3 is 0 Å². The zero-order valence-corrected chi connectivity index (χ0v) is 17.3. The third kappa shape index (κ3) is 4.42. The topological polar surface area (TPSA) is 92.5 Å². The zero-order valence-electron chi connectivity index (χ0n) is 15.7. The highest BCUT2D eigenvalue weighted by Gasteiger charge is 2.25. The van der Waals surface area contributed by atoms with Gasteiger partial charge in [0.25, 0.3) is 5.91 Å². The number of hydrogen-bond acceptors (Lipinski definition) is 6. The Bertz CT molecular complexity index is 1070. The van der Waals surface area contributed by atoms with E-state index in [1.807, 2.05) is 17.5 Å². The van der Waals surface area contributed by atoms with E-state index < -0.39 is 10.0 Å². The Morgan fingerprint density at radius 1 is 1.14 bits per heavy atom. The normalized spacial score (nSPS) is 15.3. The van der Waals surface area contributed by atoms with Crippen molar-refractivity contribution in [2.45, 2.75) is 30.7 Å². The van der Waals surface area contributed by atoms with Crippen molar-refractivity contribution >= 4 is 27.3 Å². The molecule has 1 aromatic carbocycles. The molecule has 1 saturated heterocycles. The molecule has 0 radical (unpaired) electrons. The van der Waals surface area contributed by atoms with E-state index in [-0.39, 0.29) is 17.3 Å². The minimum Gasteiger partial charge on any atom is -0.355 e. The van der Waals surface area contributed by atoms with Crippen molar-refractivity contribution in [1.82, 2.24) is 14.8 Å². The van der Waals surface area contributed by atoms with Gasteiger partial charge in [-0.05, 0) is 48.6 Å². The summed E-state index contributed by atoms with van der Waals surface area (Å²) in [4.78, 5) is 13.6. The lowest BCUT2D eigenvalue weighted by molar-refractivity contribution is 0.0950. The number of thiophene rings is 1. The van der Waals surface area contributed by atoms with E-state index in [9.17, 15) is 13.2 Å². The van der Waals surface area contributed by atoms with Gasteiger partial charge in [-0.25, -0.2) is 8.42 Å². The highest BCUT2D eigenvalue weighted by Crippen LogP contribution is 2.25. The van der Waals surface area contributed by atoms with Crippen molar-refractivity contribution in [2.75, 3.05) is 13.1 Å². The molecule has 0 saturated carbocycles. The van der Waals surface area contributed by atoms with Crippen LogP contribution in [0.25, 0.3) is 10.6 Å². The largest absolute Gasteiger partial charge is 0.355 e. The van der Waals surface area contributed by atoms with Crippen LogP contribution in [0.3, 0.4) is 0 Å². The maximum absolute atomic E-state index is 12.7. The summed E-state index contributed by atoms with van der Waals surface area (Å²) in [6, 6.07) is 11.7.